The molecule has 0 aromatic carbocycles. The minimum absolute atomic E-state index is 0.188. The summed E-state index contributed by atoms with van der Waals surface area (Å²) in [4.78, 5) is 16.0. The second-order valence-electron chi connectivity index (χ2n) is 4.52. The van der Waals surface area contributed by atoms with Crippen LogP contribution in [-0.4, -0.2) is 16.7 Å². The smallest absolute Gasteiger partial charge is 0.339 e. The van der Waals surface area contributed by atoms with Crippen molar-refractivity contribution in [3.05, 3.63) is 23.2 Å². The van der Waals surface area contributed by atoms with Crippen molar-refractivity contribution in [1.29, 1.82) is 0 Å². The highest BCUT2D eigenvalue weighted by molar-refractivity contribution is 5.88. The lowest BCUT2D eigenvalue weighted by atomic mass is 10.2. The van der Waals surface area contributed by atoms with Crippen LogP contribution in [0.5, 0.6) is 0 Å². The van der Waals surface area contributed by atoms with Crippen LogP contribution < -0.4 is 5.48 Å². The first-order valence-corrected chi connectivity index (χ1v) is 5.03. The third kappa shape index (κ3) is 3.67. The molecule has 0 aliphatic rings. The van der Waals surface area contributed by atoms with Crippen LogP contribution in [-0.2, 0) is 11.4 Å². The van der Waals surface area contributed by atoms with Gasteiger partial charge in [0.2, 0.25) is 0 Å². The van der Waals surface area contributed by atoms with Crippen LogP contribution in [0.1, 0.15) is 42.6 Å². The van der Waals surface area contributed by atoms with E-state index in [4.69, 9.17) is 14.4 Å². The SMILES string of the molecule is Cc1oc(CNOC(C)(C)C)cc1C(=O)O. The van der Waals surface area contributed by atoms with E-state index in [0.717, 1.165) is 0 Å². The van der Waals surface area contributed by atoms with Crippen molar-refractivity contribution in [2.24, 2.45) is 0 Å². The number of carboxylic acids is 1. The van der Waals surface area contributed by atoms with Crippen LogP contribution in [0, 0.1) is 6.92 Å². The fourth-order valence-corrected chi connectivity index (χ4v) is 1.17. The number of aryl methyl sites for hydroxylation is 1. The molecule has 1 aromatic heterocycles. The van der Waals surface area contributed by atoms with Gasteiger partial charge in [0.1, 0.15) is 17.1 Å². The summed E-state index contributed by atoms with van der Waals surface area (Å²) in [5.74, 6) is -0.0385. The van der Waals surface area contributed by atoms with Crippen molar-refractivity contribution < 1.29 is 19.2 Å². The molecule has 2 N–H and O–H groups in total. The first-order chi connectivity index (χ1) is 7.29. The molecule has 0 saturated carbocycles. The van der Waals surface area contributed by atoms with E-state index in [1.54, 1.807) is 6.92 Å². The number of carboxylic acid groups (broad SMARTS) is 1. The van der Waals surface area contributed by atoms with Crippen molar-refractivity contribution in [2.75, 3.05) is 0 Å². The Kier molecular flexibility index (Phi) is 3.72. The zero-order chi connectivity index (χ0) is 12.3. The van der Waals surface area contributed by atoms with Gasteiger partial charge in [0.15, 0.2) is 0 Å². The summed E-state index contributed by atoms with van der Waals surface area (Å²) >= 11 is 0. The zero-order valence-electron chi connectivity index (χ0n) is 9.96. The standard InChI is InChI=1S/C11H17NO4/c1-7-9(10(13)14)5-8(15-7)6-12-16-11(2,3)4/h5,12H,6H2,1-4H3,(H,13,14). The van der Waals surface area contributed by atoms with Crippen molar-refractivity contribution >= 4 is 5.97 Å². The minimum Gasteiger partial charge on any atom is -0.478 e. The molecule has 0 bridgehead atoms. The number of hydroxylamine groups is 1. The van der Waals surface area contributed by atoms with Gasteiger partial charge in [-0.25, -0.2) is 4.79 Å². The summed E-state index contributed by atoms with van der Waals surface area (Å²) in [5.41, 5.74) is 2.63. The van der Waals surface area contributed by atoms with Gasteiger partial charge < -0.3 is 9.52 Å². The molecule has 16 heavy (non-hydrogen) atoms. The van der Waals surface area contributed by atoms with E-state index in [-0.39, 0.29) is 11.2 Å². The summed E-state index contributed by atoms with van der Waals surface area (Å²) in [6.45, 7) is 7.70. The summed E-state index contributed by atoms with van der Waals surface area (Å²) in [6, 6.07) is 1.50. The Balaban J connectivity index is 2.56. The molecule has 0 aliphatic heterocycles. The largest absolute Gasteiger partial charge is 0.478 e. The molecule has 0 atom stereocenters. The number of carbonyl (C=O) groups is 1. The number of aromatic carboxylic acids is 1. The van der Waals surface area contributed by atoms with Crippen LogP contribution in [0.4, 0.5) is 0 Å². The summed E-state index contributed by atoms with van der Waals surface area (Å²) < 4.78 is 5.27. The second kappa shape index (κ2) is 4.67. The van der Waals surface area contributed by atoms with Crippen molar-refractivity contribution in [3.8, 4) is 0 Å². The van der Waals surface area contributed by atoms with E-state index >= 15 is 0 Å². The lowest BCUT2D eigenvalue weighted by Gasteiger charge is -2.18. The highest BCUT2D eigenvalue weighted by Crippen LogP contribution is 2.14. The van der Waals surface area contributed by atoms with Gasteiger partial charge in [-0.2, -0.15) is 5.48 Å². The van der Waals surface area contributed by atoms with E-state index in [2.05, 4.69) is 5.48 Å². The summed E-state index contributed by atoms with van der Waals surface area (Å²) in [7, 11) is 0. The van der Waals surface area contributed by atoms with E-state index < -0.39 is 5.97 Å². The molecular weight excluding hydrogens is 210 g/mol. The van der Waals surface area contributed by atoms with Crippen LogP contribution in [0.2, 0.25) is 0 Å². The van der Waals surface area contributed by atoms with Gasteiger partial charge in [-0.1, -0.05) is 0 Å². The Morgan fingerprint density at radius 3 is 2.62 bits per heavy atom. The highest BCUT2D eigenvalue weighted by Gasteiger charge is 2.14. The Bertz CT molecular complexity index is 376. The predicted molar refractivity (Wildman–Crippen MR) is 58.1 cm³/mol. The summed E-state index contributed by atoms with van der Waals surface area (Å²) in [6.07, 6.45) is 0. The van der Waals surface area contributed by atoms with E-state index in [0.29, 0.717) is 18.1 Å². The first kappa shape index (κ1) is 12.7. The Morgan fingerprint density at radius 1 is 1.56 bits per heavy atom. The third-order valence-corrected chi connectivity index (χ3v) is 1.82. The van der Waals surface area contributed by atoms with Crippen LogP contribution in [0.15, 0.2) is 10.5 Å². The van der Waals surface area contributed by atoms with E-state index in [9.17, 15) is 4.79 Å². The average molecular weight is 227 g/mol. The molecule has 0 unspecified atom stereocenters. The number of furan rings is 1. The van der Waals surface area contributed by atoms with Gasteiger partial charge in [-0.15, -0.1) is 0 Å². The normalized spacial score (nSPS) is 11.8. The van der Waals surface area contributed by atoms with Crippen molar-refractivity contribution in [1.82, 2.24) is 5.48 Å². The van der Waals surface area contributed by atoms with Crippen molar-refractivity contribution in [3.63, 3.8) is 0 Å². The monoisotopic (exact) mass is 227 g/mol. The fraction of sp³-hybridized carbons (Fsp3) is 0.545. The molecule has 1 rings (SSSR count). The molecule has 90 valence electrons. The maximum absolute atomic E-state index is 10.8. The van der Waals surface area contributed by atoms with E-state index in [1.165, 1.54) is 6.07 Å². The van der Waals surface area contributed by atoms with Gasteiger partial charge in [-0.05, 0) is 33.8 Å². The van der Waals surface area contributed by atoms with Gasteiger partial charge in [0, 0.05) is 0 Å². The van der Waals surface area contributed by atoms with E-state index in [1.807, 2.05) is 20.8 Å². The van der Waals surface area contributed by atoms with Crippen LogP contribution in [0.3, 0.4) is 0 Å². The molecule has 1 aromatic rings. The molecule has 0 spiro atoms. The first-order valence-electron chi connectivity index (χ1n) is 5.03. The Hall–Kier alpha value is -1.33. The lowest BCUT2D eigenvalue weighted by Crippen LogP contribution is -2.28. The topological polar surface area (TPSA) is 71.7 Å². The van der Waals surface area contributed by atoms with Crippen LogP contribution in [0.25, 0.3) is 0 Å². The predicted octanol–water partition coefficient (Wildman–Crippen LogP) is 2.11. The maximum Gasteiger partial charge on any atom is 0.339 e. The number of hydrogen-bond acceptors (Lipinski definition) is 4. The minimum atomic E-state index is -0.982. The molecule has 5 heteroatoms. The zero-order valence-corrected chi connectivity index (χ0v) is 9.96. The maximum atomic E-state index is 10.8. The average Bonchev–Trinajstić information content (AvgIpc) is 2.44. The van der Waals surface area contributed by atoms with Gasteiger partial charge in [0.05, 0.1) is 12.1 Å². The quantitative estimate of drug-likeness (QED) is 0.771. The van der Waals surface area contributed by atoms with Crippen molar-refractivity contribution in [2.45, 2.75) is 39.8 Å². The Labute approximate surface area is 94.4 Å². The molecule has 0 amide bonds. The van der Waals surface area contributed by atoms with Crippen LogP contribution >= 0.6 is 0 Å². The molecule has 5 nitrogen and oxygen atoms in total. The molecule has 0 aliphatic carbocycles. The highest BCUT2D eigenvalue weighted by atomic mass is 16.7. The molecular formula is C11H17NO4. The lowest BCUT2D eigenvalue weighted by molar-refractivity contribution is -0.0775. The molecule has 0 saturated heterocycles. The molecule has 0 fully saturated rings. The van der Waals surface area contributed by atoms with Gasteiger partial charge in [0.25, 0.3) is 0 Å². The summed E-state index contributed by atoms with van der Waals surface area (Å²) in [5, 5.41) is 8.82. The number of hydrogen-bond donors (Lipinski definition) is 2. The third-order valence-electron chi connectivity index (χ3n) is 1.82. The van der Waals surface area contributed by atoms with Gasteiger partial charge in [-0.3, -0.25) is 4.84 Å². The molecule has 1 heterocycles. The number of nitrogens with one attached hydrogen (secondary N) is 1. The fourth-order valence-electron chi connectivity index (χ4n) is 1.17. The van der Waals surface area contributed by atoms with Gasteiger partial charge >= 0.3 is 5.97 Å². The number of rotatable bonds is 4. The molecule has 0 radical (unpaired) electrons. The Morgan fingerprint density at radius 2 is 2.19 bits per heavy atom. The second-order valence-corrected chi connectivity index (χ2v) is 4.52.